The molecule has 3 nitrogen and oxygen atoms in total. The molecule has 0 aromatic carbocycles. The maximum absolute atomic E-state index is 10.9. The number of hydrogen-bond donors (Lipinski definition) is 0. The van der Waals surface area contributed by atoms with Gasteiger partial charge in [0, 0.05) is 11.6 Å². The molecule has 84 valence electrons. The molecule has 0 saturated carbocycles. The number of halogens is 1. The summed E-state index contributed by atoms with van der Waals surface area (Å²) in [6.07, 6.45) is 2.57. The van der Waals surface area contributed by atoms with Crippen molar-refractivity contribution in [2.45, 2.75) is 26.2 Å². The highest BCUT2D eigenvalue weighted by Gasteiger charge is 2.22. The molecule has 0 aliphatic carbocycles. The van der Waals surface area contributed by atoms with E-state index in [1.54, 1.807) is 12.3 Å². The standard InChI is InChI=1S/C12H13ClN2O/c1-12(2,3)11-14-9(7-16)10-5-4-8(13)6-15(10)11/h4-7H,1-3H3. The van der Waals surface area contributed by atoms with E-state index in [1.807, 2.05) is 10.5 Å². The van der Waals surface area contributed by atoms with Gasteiger partial charge in [-0.3, -0.25) is 4.79 Å². The predicted molar refractivity (Wildman–Crippen MR) is 64.3 cm³/mol. The maximum Gasteiger partial charge on any atom is 0.170 e. The molecule has 0 atom stereocenters. The lowest BCUT2D eigenvalue weighted by atomic mass is 9.96. The van der Waals surface area contributed by atoms with E-state index in [2.05, 4.69) is 25.8 Å². The van der Waals surface area contributed by atoms with Gasteiger partial charge in [-0.15, -0.1) is 0 Å². The van der Waals surface area contributed by atoms with Crippen molar-refractivity contribution in [3.63, 3.8) is 0 Å². The molecule has 0 unspecified atom stereocenters. The zero-order valence-electron chi connectivity index (χ0n) is 9.49. The Hall–Kier alpha value is -1.35. The molecule has 0 spiro atoms. The van der Waals surface area contributed by atoms with Crippen LogP contribution in [0.4, 0.5) is 0 Å². The number of rotatable bonds is 1. The second kappa shape index (κ2) is 3.59. The summed E-state index contributed by atoms with van der Waals surface area (Å²) in [5, 5.41) is 0.632. The molecular formula is C12H13ClN2O. The van der Waals surface area contributed by atoms with Crippen molar-refractivity contribution >= 4 is 23.4 Å². The molecule has 16 heavy (non-hydrogen) atoms. The van der Waals surface area contributed by atoms with Gasteiger partial charge in [-0.25, -0.2) is 4.98 Å². The van der Waals surface area contributed by atoms with Crippen LogP contribution in [0.3, 0.4) is 0 Å². The van der Waals surface area contributed by atoms with Crippen LogP contribution < -0.4 is 0 Å². The van der Waals surface area contributed by atoms with Crippen molar-refractivity contribution < 1.29 is 4.79 Å². The lowest BCUT2D eigenvalue weighted by molar-refractivity contribution is 0.112. The Morgan fingerprint density at radius 1 is 1.38 bits per heavy atom. The molecule has 2 aromatic rings. The SMILES string of the molecule is CC(C)(C)c1nc(C=O)c2ccc(Cl)cn12. The van der Waals surface area contributed by atoms with Crippen LogP contribution in [0.15, 0.2) is 18.3 Å². The van der Waals surface area contributed by atoms with Crippen LogP contribution in [0.5, 0.6) is 0 Å². The summed E-state index contributed by atoms with van der Waals surface area (Å²) in [4.78, 5) is 15.3. The van der Waals surface area contributed by atoms with Gasteiger partial charge in [-0.1, -0.05) is 32.4 Å². The van der Waals surface area contributed by atoms with Crippen LogP contribution in [-0.2, 0) is 5.41 Å². The minimum absolute atomic E-state index is 0.130. The van der Waals surface area contributed by atoms with E-state index in [0.717, 1.165) is 17.6 Å². The summed E-state index contributed by atoms with van der Waals surface area (Å²) in [5.41, 5.74) is 1.13. The number of aromatic nitrogens is 2. The van der Waals surface area contributed by atoms with Gasteiger partial charge in [-0.05, 0) is 12.1 Å². The molecular weight excluding hydrogens is 224 g/mol. The highest BCUT2D eigenvalue weighted by Crippen LogP contribution is 2.25. The number of carbonyl (C=O) groups is 1. The molecule has 0 saturated heterocycles. The number of nitrogens with zero attached hydrogens (tertiary/aromatic N) is 2. The molecule has 0 N–H and O–H groups in total. The Morgan fingerprint density at radius 2 is 2.06 bits per heavy atom. The summed E-state index contributed by atoms with van der Waals surface area (Å²) in [5.74, 6) is 0.840. The predicted octanol–water partition coefficient (Wildman–Crippen LogP) is 3.10. The molecule has 2 heterocycles. The Kier molecular flexibility index (Phi) is 2.50. The Bertz CT molecular complexity index is 552. The molecule has 2 rings (SSSR count). The van der Waals surface area contributed by atoms with Gasteiger partial charge in [0.1, 0.15) is 11.5 Å². The molecule has 4 heteroatoms. The van der Waals surface area contributed by atoms with Crippen LogP contribution >= 0.6 is 11.6 Å². The van der Waals surface area contributed by atoms with E-state index in [0.29, 0.717) is 10.7 Å². The lowest BCUT2D eigenvalue weighted by Gasteiger charge is -2.16. The van der Waals surface area contributed by atoms with E-state index in [1.165, 1.54) is 0 Å². The molecule has 2 aromatic heterocycles. The van der Waals surface area contributed by atoms with E-state index in [9.17, 15) is 4.79 Å². The normalized spacial score (nSPS) is 12.0. The number of aldehydes is 1. The van der Waals surface area contributed by atoms with Crippen LogP contribution in [0.25, 0.3) is 5.52 Å². The average molecular weight is 237 g/mol. The fraction of sp³-hybridized carbons (Fsp3) is 0.333. The van der Waals surface area contributed by atoms with Crippen LogP contribution in [0.1, 0.15) is 37.1 Å². The van der Waals surface area contributed by atoms with E-state index in [-0.39, 0.29) is 5.41 Å². The van der Waals surface area contributed by atoms with E-state index >= 15 is 0 Å². The molecule has 0 amide bonds. The van der Waals surface area contributed by atoms with Crippen molar-refractivity contribution in [2.75, 3.05) is 0 Å². The van der Waals surface area contributed by atoms with Gasteiger partial charge in [0.05, 0.1) is 10.5 Å². The van der Waals surface area contributed by atoms with Crippen LogP contribution in [0.2, 0.25) is 5.02 Å². The minimum atomic E-state index is -0.130. The Labute approximate surface area is 99.1 Å². The third kappa shape index (κ3) is 1.71. The number of imidazole rings is 1. The summed E-state index contributed by atoms with van der Waals surface area (Å²) in [7, 11) is 0. The van der Waals surface area contributed by atoms with Gasteiger partial charge >= 0.3 is 0 Å². The van der Waals surface area contributed by atoms with Crippen molar-refractivity contribution in [2.24, 2.45) is 0 Å². The molecule has 0 aliphatic rings. The van der Waals surface area contributed by atoms with E-state index < -0.39 is 0 Å². The topological polar surface area (TPSA) is 34.4 Å². The first kappa shape index (κ1) is 11.1. The molecule has 0 fully saturated rings. The summed E-state index contributed by atoms with van der Waals surface area (Å²) < 4.78 is 1.88. The quantitative estimate of drug-likeness (QED) is 0.713. The summed E-state index contributed by atoms with van der Waals surface area (Å²) >= 11 is 5.96. The van der Waals surface area contributed by atoms with Crippen molar-refractivity contribution in [1.82, 2.24) is 9.38 Å². The molecule has 0 aliphatic heterocycles. The number of pyridine rings is 1. The fourth-order valence-corrected chi connectivity index (χ4v) is 1.86. The van der Waals surface area contributed by atoms with Crippen molar-refractivity contribution in [3.05, 3.63) is 34.9 Å². The zero-order valence-corrected chi connectivity index (χ0v) is 10.2. The molecule has 0 radical (unpaired) electrons. The smallest absolute Gasteiger partial charge is 0.170 e. The third-order valence-electron chi connectivity index (χ3n) is 2.41. The van der Waals surface area contributed by atoms with Gasteiger partial charge < -0.3 is 4.40 Å². The summed E-state index contributed by atoms with van der Waals surface area (Å²) in [6.45, 7) is 6.16. The minimum Gasteiger partial charge on any atom is -0.301 e. The lowest BCUT2D eigenvalue weighted by Crippen LogP contribution is -2.15. The number of carbonyl (C=O) groups excluding carboxylic acids is 1. The van der Waals surface area contributed by atoms with E-state index in [4.69, 9.17) is 11.6 Å². The maximum atomic E-state index is 10.9. The highest BCUT2D eigenvalue weighted by molar-refractivity contribution is 6.30. The Morgan fingerprint density at radius 3 is 2.62 bits per heavy atom. The van der Waals surface area contributed by atoms with Gasteiger partial charge in [0.15, 0.2) is 6.29 Å². The second-order valence-corrected chi connectivity index (χ2v) is 5.23. The summed E-state index contributed by atoms with van der Waals surface area (Å²) in [6, 6.07) is 3.58. The van der Waals surface area contributed by atoms with Crippen molar-refractivity contribution in [3.8, 4) is 0 Å². The monoisotopic (exact) mass is 236 g/mol. The van der Waals surface area contributed by atoms with Crippen LogP contribution in [0, 0.1) is 0 Å². The zero-order chi connectivity index (χ0) is 11.9. The van der Waals surface area contributed by atoms with Crippen LogP contribution in [-0.4, -0.2) is 15.7 Å². The number of hydrogen-bond acceptors (Lipinski definition) is 2. The second-order valence-electron chi connectivity index (χ2n) is 4.79. The van der Waals surface area contributed by atoms with Crippen molar-refractivity contribution in [1.29, 1.82) is 0 Å². The molecule has 0 bridgehead atoms. The van der Waals surface area contributed by atoms with Gasteiger partial charge in [-0.2, -0.15) is 0 Å². The van der Waals surface area contributed by atoms with Gasteiger partial charge in [0.2, 0.25) is 0 Å². The third-order valence-corrected chi connectivity index (χ3v) is 2.64. The first-order valence-electron chi connectivity index (χ1n) is 5.07. The first-order valence-corrected chi connectivity index (χ1v) is 5.44. The average Bonchev–Trinajstić information content (AvgIpc) is 2.54. The number of fused-ring (bicyclic) bond motifs is 1. The van der Waals surface area contributed by atoms with Gasteiger partial charge in [0.25, 0.3) is 0 Å². The highest BCUT2D eigenvalue weighted by atomic mass is 35.5. The first-order chi connectivity index (χ1) is 7.43. The largest absolute Gasteiger partial charge is 0.301 e. The fourth-order valence-electron chi connectivity index (χ4n) is 1.70. The Balaban J connectivity index is 2.84.